The Bertz CT molecular complexity index is 1280. The van der Waals surface area contributed by atoms with Crippen molar-refractivity contribution in [2.75, 3.05) is 18.3 Å². The van der Waals surface area contributed by atoms with E-state index in [1.165, 1.54) is 0 Å². The SMILES string of the molecule is Cc1cc2c(cc1Cc1nc3c(N)nc(F)nc3n1CCCS(=O)(=O)NC(C)C)OCO2. The number of ether oxygens (including phenoxy) is 2. The zero-order valence-electron chi connectivity index (χ0n) is 18.1. The van der Waals surface area contributed by atoms with Gasteiger partial charge in [0.2, 0.25) is 16.8 Å². The minimum absolute atomic E-state index is 0.0657. The van der Waals surface area contributed by atoms with Crippen LogP contribution in [0.4, 0.5) is 10.2 Å². The molecule has 0 unspecified atom stereocenters. The summed E-state index contributed by atoms with van der Waals surface area (Å²) in [5.74, 6) is 1.74. The molecule has 0 radical (unpaired) electrons. The number of fused-ring (bicyclic) bond motifs is 2. The van der Waals surface area contributed by atoms with Gasteiger partial charge in [0.25, 0.3) is 0 Å². The number of nitrogen functional groups attached to an aromatic ring is 1. The first kappa shape index (κ1) is 22.2. The number of nitrogens with zero attached hydrogens (tertiary/aromatic N) is 4. The quantitative estimate of drug-likeness (QED) is 0.483. The largest absolute Gasteiger partial charge is 0.454 e. The lowest BCUT2D eigenvalue weighted by Crippen LogP contribution is -2.32. The zero-order chi connectivity index (χ0) is 23.0. The van der Waals surface area contributed by atoms with Crippen molar-refractivity contribution >= 4 is 27.0 Å². The van der Waals surface area contributed by atoms with Crippen LogP contribution in [0.25, 0.3) is 11.2 Å². The predicted molar refractivity (Wildman–Crippen MR) is 116 cm³/mol. The maximum absolute atomic E-state index is 13.9. The number of aromatic nitrogens is 4. The van der Waals surface area contributed by atoms with Gasteiger partial charge in [0.05, 0.1) is 5.75 Å². The third-order valence-electron chi connectivity index (χ3n) is 5.06. The molecule has 0 aliphatic carbocycles. The molecule has 0 amide bonds. The summed E-state index contributed by atoms with van der Waals surface area (Å²) in [7, 11) is -3.43. The van der Waals surface area contributed by atoms with Gasteiger partial charge in [-0.05, 0) is 50.5 Å². The van der Waals surface area contributed by atoms with E-state index >= 15 is 0 Å². The van der Waals surface area contributed by atoms with Crippen molar-refractivity contribution in [3.63, 3.8) is 0 Å². The average Bonchev–Trinajstić information content (AvgIpc) is 3.26. The zero-order valence-corrected chi connectivity index (χ0v) is 18.9. The van der Waals surface area contributed by atoms with E-state index < -0.39 is 16.1 Å². The van der Waals surface area contributed by atoms with Gasteiger partial charge in [0.1, 0.15) is 5.82 Å². The van der Waals surface area contributed by atoms with Gasteiger partial charge in [-0.25, -0.2) is 18.1 Å². The molecule has 0 saturated carbocycles. The highest BCUT2D eigenvalue weighted by Crippen LogP contribution is 2.35. The molecule has 3 aromatic rings. The van der Waals surface area contributed by atoms with Gasteiger partial charge in [-0.15, -0.1) is 0 Å². The van der Waals surface area contributed by atoms with E-state index in [0.29, 0.717) is 23.7 Å². The van der Waals surface area contributed by atoms with Gasteiger partial charge in [-0.3, -0.25) is 0 Å². The van der Waals surface area contributed by atoms with Crippen LogP contribution in [-0.4, -0.2) is 46.5 Å². The predicted octanol–water partition coefficient (Wildman–Crippen LogP) is 1.89. The maximum atomic E-state index is 13.9. The number of hydrogen-bond acceptors (Lipinski definition) is 8. The van der Waals surface area contributed by atoms with Crippen LogP contribution in [0.15, 0.2) is 12.1 Å². The van der Waals surface area contributed by atoms with Gasteiger partial charge in [-0.1, -0.05) is 0 Å². The van der Waals surface area contributed by atoms with Gasteiger partial charge in [0.15, 0.2) is 28.5 Å². The van der Waals surface area contributed by atoms with E-state index in [2.05, 4.69) is 19.7 Å². The number of sulfonamides is 1. The highest BCUT2D eigenvalue weighted by Gasteiger charge is 2.21. The molecule has 32 heavy (non-hydrogen) atoms. The lowest BCUT2D eigenvalue weighted by molar-refractivity contribution is 0.174. The van der Waals surface area contributed by atoms with Gasteiger partial charge >= 0.3 is 6.08 Å². The smallest absolute Gasteiger partial charge is 0.312 e. The van der Waals surface area contributed by atoms with E-state index in [9.17, 15) is 12.8 Å². The number of anilines is 1. The summed E-state index contributed by atoms with van der Waals surface area (Å²) in [5, 5.41) is 0. The molecule has 2 aromatic heterocycles. The number of hydrogen-bond donors (Lipinski definition) is 2. The number of imidazole rings is 1. The van der Waals surface area contributed by atoms with Crippen molar-refractivity contribution in [3.8, 4) is 11.5 Å². The van der Waals surface area contributed by atoms with Crippen molar-refractivity contribution in [3.05, 3.63) is 35.2 Å². The topological polar surface area (TPSA) is 134 Å². The molecule has 0 atom stereocenters. The molecule has 0 spiro atoms. The van der Waals surface area contributed by atoms with Crippen molar-refractivity contribution in [1.82, 2.24) is 24.2 Å². The number of aryl methyl sites for hydroxylation is 2. The molecule has 1 aliphatic heterocycles. The summed E-state index contributed by atoms with van der Waals surface area (Å²) in [6.45, 7) is 5.90. The second-order valence-corrected chi connectivity index (χ2v) is 9.86. The molecule has 0 bridgehead atoms. The Kier molecular flexibility index (Phi) is 5.91. The molecule has 0 saturated heterocycles. The van der Waals surface area contributed by atoms with Crippen molar-refractivity contribution < 1.29 is 22.3 Å². The van der Waals surface area contributed by atoms with Gasteiger partial charge < -0.3 is 19.8 Å². The van der Waals surface area contributed by atoms with Crippen LogP contribution in [0.1, 0.15) is 37.2 Å². The summed E-state index contributed by atoms with van der Waals surface area (Å²) < 4.78 is 53.5. The van der Waals surface area contributed by atoms with Crippen LogP contribution in [-0.2, 0) is 23.0 Å². The molecular formula is C20H25FN6O4S. The van der Waals surface area contributed by atoms with Crippen LogP contribution in [0, 0.1) is 13.0 Å². The molecule has 1 aromatic carbocycles. The summed E-state index contributed by atoms with van der Waals surface area (Å²) in [6, 6.07) is 3.58. The van der Waals surface area contributed by atoms with Gasteiger partial charge in [-0.2, -0.15) is 14.4 Å². The number of benzene rings is 1. The van der Waals surface area contributed by atoms with Crippen molar-refractivity contribution in [2.24, 2.45) is 0 Å². The van der Waals surface area contributed by atoms with Gasteiger partial charge in [0, 0.05) is 19.0 Å². The Morgan fingerprint density at radius 3 is 2.66 bits per heavy atom. The molecule has 3 heterocycles. The lowest BCUT2D eigenvalue weighted by Gasteiger charge is -2.12. The summed E-state index contributed by atoms with van der Waals surface area (Å²) in [5.41, 5.74) is 8.30. The molecule has 172 valence electrons. The van der Waals surface area contributed by atoms with Crippen LogP contribution in [0.2, 0.25) is 0 Å². The highest BCUT2D eigenvalue weighted by molar-refractivity contribution is 7.89. The van der Waals surface area contributed by atoms with Crippen molar-refractivity contribution in [1.29, 1.82) is 0 Å². The first-order valence-electron chi connectivity index (χ1n) is 10.2. The lowest BCUT2D eigenvalue weighted by atomic mass is 10.0. The fourth-order valence-corrected chi connectivity index (χ4v) is 5.03. The minimum atomic E-state index is -3.43. The molecule has 10 nitrogen and oxygen atoms in total. The Hall–Kier alpha value is -2.99. The average molecular weight is 465 g/mol. The molecular weight excluding hydrogens is 439 g/mol. The molecule has 3 N–H and O–H groups in total. The van der Waals surface area contributed by atoms with E-state index in [1.807, 2.05) is 19.1 Å². The fourth-order valence-electron chi connectivity index (χ4n) is 3.69. The summed E-state index contributed by atoms with van der Waals surface area (Å²) in [6.07, 6.45) is -0.292. The number of rotatable bonds is 8. The molecule has 12 heteroatoms. The second-order valence-electron chi connectivity index (χ2n) is 7.98. The van der Waals surface area contributed by atoms with E-state index in [-0.39, 0.29) is 48.5 Å². The molecule has 4 rings (SSSR count). The highest BCUT2D eigenvalue weighted by atomic mass is 32.2. The Morgan fingerprint density at radius 2 is 1.94 bits per heavy atom. The van der Waals surface area contributed by atoms with Crippen molar-refractivity contribution in [2.45, 2.75) is 46.2 Å². The van der Waals surface area contributed by atoms with E-state index in [0.717, 1.165) is 11.1 Å². The first-order valence-corrected chi connectivity index (χ1v) is 11.9. The molecule has 0 fully saturated rings. The second kappa shape index (κ2) is 8.51. The fraction of sp³-hybridized carbons (Fsp3) is 0.450. The van der Waals surface area contributed by atoms with E-state index in [1.54, 1.807) is 18.4 Å². The summed E-state index contributed by atoms with van der Waals surface area (Å²) in [4.78, 5) is 12.0. The monoisotopic (exact) mass is 464 g/mol. The minimum Gasteiger partial charge on any atom is -0.454 e. The summed E-state index contributed by atoms with van der Waals surface area (Å²) >= 11 is 0. The standard InChI is InChI=1S/C20H25FN6O4S/c1-11(2)26-32(28,29)6-4-5-27-16(23-17-18(22)24-20(21)25-19(17)27)9-13-8-15-14(7-12(13)3)30-10-31-15/h7-8,11,26H,4-6,9-10H2,1-3H3,(H2,22,24,25). The third-order valence-corrected chi connectivity index (χ3v) is 6.72. The maximum Gasteiger partial charge on any atom is 0.312 e. The van der Waals surface area contributed by atoms with Crippen LogP contribution < -0.4 is 19.9 Å². The van der Waals surface area contributed by atoms with Crippen LogP contribution in [0.3, 0.4) is 0 Å². The number of nitrogens with two attached hydrogens (primary N) is 1. The Morgan fingerprint density at radius 1 is 1.22 bits per heavy atom. The van der Waals surface area contributed by atoms with E-state index in [4.69, 9.17) is 15.2 Å². The Balaban J connectivity index is 1.67. The van der Waals surface area contributed by atoms with Crippen LogP contribution >= 0.6 is 0 Å². The first-order chi connectivity index (χ1) is 15.1. The number of nitrogens with one attached hydrogen (secondary N) is 1. The normalized spacial score (nSPS) is 13.4. The third kappa shape index (κ3) is 4.60. The molecule has 1 aliphatic rings. The van der Waals surface area contributed by atoms with Crippen LogP contribution in [0.5, 0.6) is 11.5 Å². The Labute approximate surface area is 185 Å². The number of halogens is 1.